The van der Waals surface area contributed by atoms with E-state index >= 15 is 0 Å². The van der Waals surface area contributed by atoms with Gasteiger partial charge in [0.25, 0.3) is 5.91 Å². The van der Waals surface area contributed by atoms with E-state index in [9.17, 15) is 9.90 Å². The van der Waals surface area contributed by atoms with Gasteiger partial charge in [-0.05, 0) is 35.4 Å². The minimum atomic E-state index is -0.399. The maximum Gasteiger partial charge on any atom is 0.256 e. The number of nitrogens with zero attached hydrogens (tertiary/aromatic N) is 1. The van der Waals surface area contributed by atoms with Crippen molar-refractivity contribution in [3.05, 3.63) is 70.4 Å². The average molecular weight is 351 g/mol. The second kappa shape index (κ2) is 7.25. The predicted octanol–water partition coefficient (Wildman–Crippen LogP) is 3.70. The number of fused-ring (bicyclic) bond motifs is 1. The van der Waals surface area contributed by atoms with Crippen molar-refractivity contribution < 1.29 is 9.90 Å². The minimum Gasteiger partial charge on any atom is -0.506 e. The van der Waals surface area contributed by atoms with Gasteiger partial charge in [0, 0.05) is 29.6 Å². The quantitative estimate of drug-likeness (QED) is 0.705. The van der Waals surface area contributed by atoms with Crippen molar-refractivity contribution in [1.82, 2.24) is 10.3 Å². The number of pyridine rings is 1. The molecule has 0 unspecified atom stereocenters. The zero-order valence-electron chi connectivity index (χ0n) is 13.3. The third-order valence-corrected chi connectivity index (χ3v) is 4.07. The van der Waals surface area contributed by atoms with Gasteiger partial charge in [-0.25, -0.2) is 0 Å². The van der Waals surface area contributed by atoms with Crippen molar-refractivity contribution in [3.8, 4) is 18.1 Å². The summed E-state index contributed by atoms with van der Waals surface area (Å²) in [5.74, 6) is 2.06. The third kappa shape index (κ3) is 3.73. The highest BCUT2D eigenvalue weighted by molar-refractivity contribution is 6.30. The van der Waals surface area contributed by atoms with Gasteiger partial charge in [-0.2, -0.15) is 0 Å². The van der Waals surface area contributed by atoms with Crippen LogP contribution in [-0.2, 0) is 13.0 Å². The molecule has 3 aromatic rings. The van der Waals surface area contributed by atoms with Crippen LogP contribution in [0.1, 0.15) is 21.5 Å². The fraction of sp³-hybridized carbons (Fsp3) is 0.100. The largest absolute Gasteiger partial charge is 0.506 e. The van der Waals surface area contributed by atoms with E-state index < -0.39 is 5.91 Å². The molecule has 0 bridgehead atoms. The molecule has 5 heteroatoms. The molecule has 1 amide bonds. The molecule has 2 N–H and O–H groups in total. The normalized spacial score (nSPS) is 10.4. The molecule has 1 heterocycles. The molecule has 124 valence electrons. The Bertz CT molecular complexity index is 975. The van der Waals surface area contributed by atoms with Crippen molar-refractivity contribution >= 4 is 28.4 Å². The van der Waals surface area contributed by atoms with Crippen molar-refractivity contribution in [2.75, 3.05) is 0 Å². The standard InChI is InChI=1S/C20H15ClN2O2/c1-2-3-13-6-9-18-16(10-13)19(24)17(12-22-18)20(25)23-11-14-4-7-15(21)8-5-14/h1,4-10,12H,3,11H2,(H,22,24)(H,23,25). The van der Waals surface area contributed by atoms with Crippen LogP contribution >= 0.6 is 11.6 Å². The number of nitrogens with one attached hydrogen (secondary N) is 1. The van der Waals surface area contributed by atoms with Crippen molar-refractivity contribution in [2.24, 2.45) is 0 Å². The Labute approximate surface area is 150 Å². The van der Waals surface area contributed by atoms with Gasteiger partial charge >= 0.3 is 0 Å². The van der Waals surface area contributed by atoms with E-state index in [1.807, 2.05) is 18.2 Å². The molecular formula is C20H15ClN2O2. The van der Waals surface area contributed by atoms with E-state index in [1.165, 1.54) is 6.20 Å². The number of carbonyl (C=O) groups is 1. The number of rotatable bonds is 4. The van der Waals surface area contributed by atoms with Crippen LogP contribution in [0, 0.1) is 12.3 Å². The SMILES string of the molecule is C#CCc1ccc2ncc(C(=O)NCc3ccc(Cl)cc3)c(O)c2c1. The van der Waals surface area contributed by atoms with E-state index in [1.54, 1.807) is 24.3 Å². The van der Waals surface area contributed by atoms with Gasteiger partial charge in [-0.1, -0.05) is 29.8 Å². The highest BCUT2D eigenvalue weighted by Gasteiger charge is 2.15. The van der Waals surface area contributed by atoms with Crippen molar-refractivity contribution in [1.29, 1.82) is 0 Å². The summed E-state index contributed by atoms with van der Waals surface area (Å²) < 4.78 is 0. The highest BCUT2D eigenvalue weighted by Crippen LogP contribution is 2.28. The first kappa shape index (κ1) is 16.8. The highest BCUT2D eigenvalue weighted by atomic mass is 35.5. The Morgan fingerprint density at radius 2 is 1.92 bits per heavy atom. The van der Waals surface area contributed by atoms with Gasteiger partial charge in [-0.3, -0.25) is 9.78 Å². The van der Waals surface area contributed by atoms with Crippen LogP contribution in [0.3, 0.4) is 0 Å². The molecule has 0 aliphatic carbocycles. The zero-order chi connectivity index (χ0) is 17.8. The number of aromatic nitrogens is 1. The average Bonchev–Trinajstić information content (AvgIpc) is 2.62. The fourth-order valence-electron chi connectivity index (χ4n) is 2.50. The molecule has 0 aliphatic rings. The number of hydrogen-bond donors (Lipinski definition) is 2. The lowest BCUT2D eigenvalue weighted by Crippen LogP contribution is -2.23. The van der Waals surface area contributed by atoms with Crippen LogP contribution < -0.4 is 5.32 Å². The van der Waals surface area contributed by atoms with E-state index in [0.717, 1.165) is 11.1 Å². The summed E-state index contributed by atoms with van der Waals surface area (Å²) in [5, 5.41) is 14.4. The number of amides is 1. The summed E-state index contributed by atoms with van der Waals surface area (Å²) >= 11 is 5.84. The van der Waals surface area contributed by atoms with E-state index in [2.05, 4.69) is 16.2 Å². The van der Waals surface area contributed by atoms with Crippen LogP contribution in [0.15, 0.2) is 48.7 Å². The van der Waals surface area contributed by atoms with Gasteiger partial charge in [-0.15, -0.1) is 12.3 Å². The summed E-state index contributed by atoms with van der Waals surface area (Å²) in [6.07, 6.45) is 7.14. The fourth-order valence-corrected chi connectivity index (χ4v) is 2.63. The summed E-state index contributed by atoms with van der Waals surface area (Å²) in [5.41, 5.74) is 2.51. The zero-order valence-corrected chi connectivity index (χ0v) is 14.0. The van der Waals surface area contributed by atoms with Gasteiger partial charge in [0.1, 0.15) is 11.3 Å². The molecule has 0 atom stereocenters. The third-order valence-electron chi connectivity index (χ3n) is 3.82. The number of benzene rings is 2. The predicted molar refractivity (Wildman–Crippen MR) is 98.6 cm³/mol. The first-order valence-corrected chi connectivity index (χ1v) is 8.03. The molecule has 3 rings (SSSR count). The Morgan fingerprint density at radius 3 is 2.64 bits per heavy atom. The van der Waals surface area contributed by atoms with Crippen LogP contribution in [-0.4, -0.2) is 16.0 Å². The first-order chi connectivity index (χ1) is 12.1. The van der Waals surface area contributed by atoms with E-state index in [0.29, 0.717) is 28.9 Å². The minimum absolute atomic E-state index is 0.0996. The second-order valence-electron chi connectivity index (χ2n) is 5.56. The van der Waals surface area contributed by atoms with Gasteiger partial charge in [0.05, 0.1) is 5.52 Å². The number of terminal acetylenes is 1. The molecule has 0 saturated heterocycles. The van der Waals surface area contributed by atoms with Gasteiger partial charge in [0.2, 0.25) is 0 Å². The monoisotopic (exact) mass is 350 g/mol. The van der Waals surface area contributed by atoms with Crippen molar-refractivity contribution in [2.45, 2.75) is 13.0 Å². The maximum atomic E-state index is 12.4. The van der Waals surface area contributed by atoms with E-state index in [-0.39, 0.29) is 11.3 Å². The summed E-state index contributed by atoms with van der Waals surface area (Å²) in [6, 6.07) is 12.6. The van der Waals surface area contributed by atoms with Crippen LogP contribution in [0.2, 0.25) is 5.02 Å². The topological polar surface area (TPSA) is 62.2 Å². The lowest BCUT2D eigenvalue weighted by atomic mass is 10.1. The molecule has 4 nitrogen and oxygen atoms in total. The van der Waals surface area contributed by atoms with E-state index in [4.69, 9.17) is 18.0 Å². The molecule has 0 spiro atoms. The molecule has 0 aliphatic heterocycles. The second-order valence-corrected chi connectivity index (χ2v) is 6.00. The molecule has 0 radical (unpaired) electrons. The Hall–Kier alpha value is -3.03. The summed E-state index contributed by atoms with van der Waals surface area (Å²) in [6.45, 7) is 0.324. The van der Waals surface area contributed by atoms with Crippen LogP contribution in [0.5, 0.6) is 5.75 Å². The number of halogens is 1. The lowest BCUT2D eigenvalue weighted by Gasteiger charge is -2.09. The lowest BCUT2D eigenvalue weighted by molar-refractivity contribution is 0.0948. The molecular weight excluding hydrogens is 336 g/mol. The molecule has 0 saturated carbocycles. The van der Waals surface area contributed by atoms with Crippen LogP contribution in [0.4, 0.5) is 0 Å². The molecule has 1 aromatic heterocycles. The number of hydrogen-bond acceptors (Lipinski definition) is 3. The smallest absolute Gasteiger partial charge is 0.256 e. The summed E-state index contributed by atoms with van der Waals surface area (Å²) in [7, 11) is 0. The molecule has 2 aromatic carbocycles. The number of carbonyl (C=O) groups excluding carboxylic acids is 1. The Kier molecular flexibility index (Phi) is 4.87. The van der Waals surface area contributed by atoms with Gasteiger partial charge < -0.3 is 10.4 Å². The summed E-state index contributed by atoms with van der Waals surface area (Å²) in [4.78, 5) is 16.6. The first-order valence-electron chi connectivity index (χ1n) is 7.65. The Morgan fingerprint density at radius 1 is 1.20 bits per heavy atom. The van der Waals surface area contributed by atoms with Gasteiger partial charge in [0.15, 0.2) is 0 Å². The number of aromatic hydroxyl groups is 1. The Balaban J connectivity index is 1.84. The van der Waals surface area contributed by atoms with Crippen LogP contribution in [0.25, 0.3) is 10.9 Å². The maximum absolute atomic E-state index is 12.4. The molecule has 0 fully saturated rings. The van der Waals surface area contributed by atoms with Crippen molar-refractivity contribution in [3.63, 3.8) is 0 Å². The molecule has 25 heavy (non-hydrogen) atoms.